The summed E-state index contributed by atoms with van der Waals surface area (Å²) in [5, 5.41) is 15.0. The van der Waals surface area contributed by atoms with Crippen molar-refractivity contribution < 1.29 is 19.2 Å². The van der Waals surface area contributed by atoms with E-state index in [2.05, 4.69) is 27.5 Å². The normalized spacial score (nSPS) is 14.8. The molecular weight excluding hydrogens is 424 g/mol. The van der Waals surface area contributed by atoms with Gasteiger partial charge in [0.2, 0.25) is 5.91 Å². The minimum Gasteiger partial charge on any atom is -0.497 e. The fourth-order valence-corrected chi connectivity index (χ4v) is 4.43. The van der Waals surface area contributed by atoms with E-state index in [9.17, 15) is 14.9 Å². The zero-order chi connectivity index (χ0) is 23.4. The third-order valence-electron chi connectivity index (χ3n) is 6.27. The third kappa shape index (κ3) is 5.09. The summed E-state index contributed by atoms with van der Waals surface area (Å²) in [5.74, 6) is 1.52. The van der Waals surface area contributed by atoms with E-state index in [4.69, 9.17) is 9.47 Å². The Kier molecular flexibility index (Phi) is 6.79. The van der Waals surface area contributed by atoms with E-state index >= 15 is 0 Å². The number of nitro benzene ring substituents is 1. The van der Waals surface area contributed by atoms with Crippen molar-refractivity contribution in [3.05, 3.63) is 58.3 Å². The SMILES string of the molecule is COc1ccc2[nH]cc(C3CCN(CCC(=O)Nc4cc([N+](=O)[O-])ccc4OC)CC3)c2c1. The number of hydrogen-bond acceptors (Lipinski definition) is 6. The van der Waals surface area contributed by atoms with E-state index in [1.165, 1.54) is 36.3 Å². The molecular formula is C24H28N4O5. The van der Waals surface area contributed by atoms with Crippen molar-refractivity contribution in [1.29, 1.82) is 0 Å². The maximum absolute atomic E-state index is 12.5. The highest BCUT2D eigenvalue weighted by atomic mass is 16.6. The smallest absolute Gasteiger partial charge is 0.271 e. The summed E-state index contributed by atoms with van der Waals surface area (Å²) in [4.78, 5) is 28.7. The largest absolute Gasteiger partial charge is 0.497 e. The number of ether oxygens (including phenoxy) is 2. The first-order valence-electron chi connectivity index (χ1n) is 11.0. The Morgan fingerprint density at radius 2 is 1.97 bits per heavy atom. The molecule has 1 fully saturated rings. The fourth-order valence-electron chi connectivity index (χ4n) is 4.43. The number of nitrogens with one attached hydrogen (secondary N) is 2. The minimum absolute atomic E-state index is 0.0944. The van der Waals surface area contributed by atoms with Crippen LogP contribution >= 0.6 is 0 Å². The Labute approximate surface area is 191 Å². The van der Waals surface area contributed by atoms with Crippen LogP contribution < -0.4 is 14.8 Å². The van der Waals surface area contributed by atoms with E-state index < -0.39 is 4.92 Å². The molecule has 9 heteroatoms. The Morgan fingerprint density at radius 3 is 2.67 bits per heavy atom. The monoisotopic (exact) mass is 452 g/mol. The van der Waals surface area contributed by atoms with Crippen LogP contribution in [0.3, 0.4) is 0 Å². The lowest BCUT2D eigenvalue weighted by molar-refractivity contribution is -0.384. The van der Waals surface area contributed by atoms with Gasteiger partial charge in [-0.3, -0.25) is 14.9 Å². The number of hydrogen-bond donors (Lipinski definition) is 2. The van der Waals surface area contributed by atoms with E-state index in [0.29, 0.717) is 30.3 Å². The number of nitrogens with zero attached hydrogens (tertiary/aromatic N) is 2. The lowest BCUT2D eigenvalue weighted by atomic mass is 9.89. The number of amides is 1. The first kappa shape index (κ1) is 22.6. The van der Waals surface area contributed by atoms with Gasteiger partial charge in [-0.2, -0.15) is 0 Å². The van der Waals surface area contributed by atoms with Crippen LogP contribution in [0, 0.1) is 10.1 Å². The molecule has 1 aromatic heterocycles. The molecule has 2 heterocycles. The summed E-state index contributed by atoms with van der Waals surface area (Å²) < 4.78 is 10.6. The molecule has 1 saturated heterocycles. The summed E-state index contributed by atoms with van der Waals surface area (Å²) in [6.07, 6.45) is 4.44. The Morgan fingerprint density at radius 1 is 1.18 bits per heavy atom. The standard InChI is InChI=1S/C24H28N4O5/c1-32-18-4-5-21-19(14-18)20(15-25-21)16-7-10-27(11-8-16)12-9-24(29)26-22-13-17(28(30)31)3-6-23(22)33-2/h3-6,13-16,25H,7-12H2,1-2H3,(H,26,29). The number of benzene rings is 2. The average Bonchev–Trinajstić information content (AvgIpc) is 3.26. The zero-order valence-electron chi connectivity index (χ0n) is 18.8. The molecule has 0 unspecified atom stereocenters. The number of carbonyl (C=O) groups is 1. The van der Waals surface area contributed by atoms with Gasteiger partial charge in [0, 0.05) is 42.2 Å². The first-order chi connectivity index (χ1) is 16.0. The van der Waals surface area contributed by atoms with Crippen molar-refractivity contribution in [2.24, 2.45) is 0 Å². The van der Waals surface area contributed by atoms with Crippen molar-refractivity contribution in [2.45, 2.75) is 25.2 Å². The van der Waals surface area contributed by atoms with Gasteiger partial charge in [0.05, 0.1) is 24.8 Å². The lowest BCUT2D eigenvalue weighted by Gasteiger charge is -2.31. The number of H-pyrrole nitrogens is 1. The van der Waals surface area contributed by atoms with Gasteiger partial charge in [0.25, 0.3) is 5.69 Å². The minimum atomic E-state index is -0.497. The molecule has 0 spiro atoms. The number of piperidine rings is 1. The molecule has 3 aromatic rings. The Balaban J connectivity index is 1.31. The van der Waals surface area contributed by atoms with Crippen molar-refractivity contribution in [2.75, 3.05) is 39.2 Å². The van der Waals surface area contributed by atoms with Crippen molar-refractivity contribution in [3.63, 3.8) is 0 Å². The molecule has 0 saturated carbocycles. The van der Waals surface area contributed by atoms with Gasteiger partial charge < -0.3 is 24.7 Å². The molecule has 174 valence electrons. The maximum Gasteiger partial charge on any atom is 0.271 e. The number of carbonyl (C=O) groups excluding carboxylic acids is 1. The van der Waals surface area contributed by atoms with Gasteiger partial charge in [-0.05, 0) is 61.7 Å². The summed E-state index contributed by atoms with van der Waals surface area (Å²) in [6.45, 7) is 2.46. The topological polar surface area (TPSA) is 110 Å². The number of aromatic amines is 1. The van der Waals surface area contributed by atoms with Gasteiger partial charge in [0.1, 0.15) is 11.5 Å². The predicted molar refractivity (Wildman–Crippen MR) is 126 cm³/mol. The van der Waals surface area contributed by atoms with E-state index in [1.807, 2.05) is 12.1 Å². The molecule has 0 atom stereocenters. The van der Waals surface area contributed by atoms with Crippen LogP contribution in [-0.4, -0.2) is 54.6 Å². The molecule has 2 N–H and O–H groups in total. The van der Waals surface area contributed by atoms with Crippen LogP contribution in [-0.2, 0) is 4.79 Å². The number of non-ortho nitro benzene ring substituents is 1. The van der Waals surface area contributed by atoms with Gasteiger partial charge in [-0.1, -0.05) is 0 Å². The third-order valence-corrected chi connectivity index (χ3v) is 6.27. The van der Waals surface area contributed by atoms with E-state index in [0.717, 1.165) is 37.2 Å². The van der Waals surface area contributed by atoms with Crippen LogP contribution in [0.15, 0.2) is 42.6 Å². The lowest BCUT2D eigenvalue weighted by Crippen LogP contribution is -2.35. The van der Waals surface area contributed by atoms with Crippen LogP contribution in [0.5, 0.6) is 11.5 Å². The highest BCUT2D eigenvalue weighted by Gasteiger charge is 2.23. The van der Waals surface area contributed by atoms with Crippen LogP contribution in [0.25, 0.3) is 10.9 Å². The van der Waals surface area contributed by atoms with Crippen molar-refractivity contribution >= 4 is 28.2 Å². The van der Waals surface area contributed by atoms with Gasteiger partial charge in [-0.15, -0.1) is 0 Å². The van der Waals surface area contributed by atoms with Crippen molar-refractivity contribution in [3.8, 4) is 11.5 Å². The molecule has 9 nitrogen and oxygen atoms in total. The van der Waals surface area contributed by atoms with Crippen LogP contribution in [0.1, 0.15) is 30.7 Å². The molecule has 0 aliphatic carbocycles. The Bertz CT molecular complexity index is 1150. The number of likely N-dealkylation sites (tertiary alicyclic amines) is 1. The predicted octanol–water partition coefficient (Wildman–Crippen LogP) is 4.30. The summed E-state index contributed by atoms with van der Waals surface area (Å²) in [7, 11) is 3.14. The average molecular weight is 453 g/mol. The van der Waals surface area contributed by atoms with Crippen LogP contribution in [0.2, 0.25) is 0 Å². The number of nitro groups is 1. The van der Waals surface area contributed by atoms with E-state index in [1.54, 1.807) is 7.11 Å². The fraction of sp³-hybridized carbons (Fsp3) is 0.375. The molecule has 0 radical (unpaired) electrons. The summed E-state index contributed by atoms with van der Waals surface area (Å²) >= 11 is 0. The summed E-state index contributed by atoms with van der Waals surface area (Å²) in [6, 6.07) is 10.2. The second-order valence-corrected chi connectivity index (χ2v) is 8.21. The molecule has 4 rings (SSSR count). The maximum atomic E-state index is 12.5. The number of anilines is 1. The number of rotatable bonds is 8. The number of fused-ring (bicyclic) bond motifs is 1. The van der Waals surface area contributed by atoms with E-state index in [-0.39, 0.29) is 11.6 Å². The first-order valence-corrected chi connectivity index (χ1v) is 11.0. The van der Waals surface area contributed by atoms with Crippen LogP contribution in [0.4, 0.5) is 11.4 Å². The zero-order valence-corrected chi connectivity index (χ0v) is 18.8. The second-order valence-electron chi connectivity index (χ2n) is 8.21. The number of methoxy groups -OCH3 is 2. The molecule has 1 aliphatic rings. The van der Waals surface area contributed by atoms with Gasteiger partial charge in [-0.25, -0.2) is 0 Å². The molecule has 2 aromatic carbocycles. The Hall–Kier alpha value is -3.59. The van der Waals surface area contributed by atoms with Crippen molar-refractivity contribution in [1.82, 2.24) is 9.88 Å². The van der Waals surface area contributed by atoms with Gasteiger partial charge >= 0.3 is 0 Å². The molecule has 1 amide bonds. The number of aromatic nitrogens is 1. The highest BCUT2D eigenvalue weighted by Crippen LogP contribution is 2.35. The second kappa shape index (κ2) is 9.91. The molecule has 0 bridgehead atoms. The molecule has 1 aliphatic heterocycles. The van der Waals surface area contributed by atoms with Gasteiger partial charge in [0.15, 0.2) is 0 Å². The molecule has 33 heavy (non-hydrogen) atoms. The quantitative estimate of drug-likeness (QED) is 0.389. The summed E-state index contributed by atoms with van der Waals surface area (Å²) in [5.41, 5.74) is 2.65. The highest BCUT2D eigenvalue weighted by molar-refractivity contribution is 5.92.